The highest BCUT2D eigenvalue weighted by Crippen LogP contribution is 2.25. The molecule has 2 aromatic heterocycles. The van der Waals surface area contributed by atoms with Crippen LogP contribution in [0.25, 0.3) is 10.9 Å². The molecule has 1 aromatic carbocycles. The minimum absolute atomic E-state index is 0.0367. The number of rotatable bonds is 3. The topological polar surface area (TPSA) is 59.2 Å². The third kappa shape index (κ3) is 2.77. The third-order valence-electron chi connectivity index (χ3n) is 4.64. The number of oxazole rings is 1. The molecular formula is C19H19N3O2. The summed E-state index contributed by atoms with van der Waals surface area (Å²) < 4.78 is 5.15. The number of hydrogen-bond acceptors (Lipinski definition) is 4. The van der Waals surface area contributed by atoms with Gasteiger partial charge in [-0.1, -0.05) is 24.3 Å². The van der Waals surface area contributed by atoms with Crippen molar-refractivity contribution in [3.05, 3.63) is 59.9 Å². The molecule has 1 fully saturated rings. The van der Waals surface area contributed by atoms with Crippen molar-refractivity contribution >= 4 is 16.8 Å². The monoisotopic (exact) mass is 321 g/mol. The Morgan fingerprint density at radius 2 is 2.21 bits per heavy atom. The summed E-state index contributed by atoms with van der Waals surface area (Å²) in [4.78, 5) is 23.0. The molecule has 1 atom stereocenters. The fraction of sp³-hybridized carbons (Fsp3) is 0.316. The molecule has 1 aliphatic heterocycles. The molecule has 1 saturated heterocycles. The highest BCUT2D eigenvalue weighted by molar-refractivity contribution is 5.92. The molecule has 1 unspecified atom stereocenters. The molecule has 5 heteroatoms. The van der Waals surface area contributed by atoms with Gasteiger partial charge in [0, 0.05) is 31.6 Å². The van der Waals surface area contributed by atoms with Crippen molar-refractivity contribution in [3.8, 4) is 0 Å². The number of hydrogen-bond donors (Lipinski definition) is 0. The van der Waals surface area contributed by atoms with E-state index in [-0.39, 0.29) is 5.91 Å². The van der Waals surface area contributed by atoms with Crippen molar-refractivity contribution in [1.82, 2.24) is 14.9 Å². The molecule has 0 radical (unpaired) electrons. The minimum Gasteiger partial charge on any atom is -0.448 e. The number of aromatic nitrogens is 2. The molecule has 1 aliphatic rings. The van der Waals surface area contributed by atoms with E-state index >= 15 is 0 Å². The largest absolute Gasteiger partial charge is 0.448 e. The second-order valence-corrected chi connectivity index (χ2v) is 6.35. The lowest BCUT2D eigenvalue weighted by Gasteiger charge is -2.15. The Morgan fingerprint density at radius 3 is 3.04 bits per heavy atom. The van der Waals surface area contributed by atoms with Gasteiger partial charge in [0.15, 0.2) is 11.6 Å². The highest BCUT2D eigenvalue weighted by atomic mass is 16.3. The predicted octanol–water partition coefficient (Wildman–Crippen LogP) is 3.24. The molecule has 122 valence electrons. The smallest absolute Gasteiger partial charge is 0.275 e. The van der Waals surface area contributed by atoms with E-state index in [1.54, 1.807) is 6.92 Å². The van der Waals surface area contributed by atoms with Gasteiger partial charge in [-0.2, -0.15) is 0 Å². The summed E-state index contributed by atoms with van der Waals surface area (Å²) in [5, 5.41) is 1.17. The van der Waals surface area contributed by atoms with E-state index in [1.807, 2.05) is 17.2 Å². The summed E-state index contributed by atoms with van der Waals surface area (Å²) in [5.41, 5.74) is 2.72. The second kappa shape index (κ2) is 6.07. The lowest BCUT2D eigenvalue weighted by Crippen LogP contribution is -2.29. The summed E-state index contributed by atoms with van der Waals surface area (Å²) in [5.74, 6) is 0.941. The molecule has 5 nitrogen and oxygen atoms in total. The molecule has 1 amide bonds. The maximum Gasteiger partial charge on any atom is 0.275 e. The number of benzene rings is 1. The molecule has 0 N–H and O–H groups in total. The zero-order chi connectivity index (χ0) is 16.5. The Kier molecular flexibility index (Phi) is 3.76. The van der Waals surface area contributed by atoms with E-state index in [4.69, 9.17) is 4.42 Å². The van der Waals surface area contributed by atoms with Crippen molar-refractivity contribution in [2.24, 2.45) is 5.92 Å². The first-order valence-electron chi connectivity index (χ1n) is 8.25. The van der Waals surface area contributed by atoms with Gasteiger partial charge < -0.3 is 9.32 Å². The lowest BCUT2D eigenvalue weighted by atomic mass is 9.97. The zero-order valence-electron chi connectivity index (χ0n) is 13.6. The van der Waals surface area contributed by atoms with Gasteiger partial charge in [0.1, 0.15) is 6.26 Å². The molecule has 0 spiro atoms. The van der Waals surface area contributed by atoms with Crippen LogP contribution in [0.15, 0.2) is 47.2 Å². The molecule has 0 saturated carbocycles. The van der Waals surface area contributed by atoms with Crippen LogP contribution in [0.5, 0.6) is 0 Å². The first-order chi connectivity index (χ1) is 11.7. The number of carbonyl (C=O) groups excluding carboxylic acids is 1. The van der Waals surface area contributed by atoms with Gasteiger partial charge in [0.25, 0.3) is 5.91 Å². The summed E-state index contributed by atoms with van der Waals surface area (Å²) >= 11 is 0. The standard InChI is InChI=1S/C19H19N3O2/c1-13-21-17(12-24-13)19(23)22-9-7-14(11-22)10-16-5-2-4-15-6-3-8-20-18(15)16/h2-6,8,12,14H,7,9-11H2,1H3. The molecule has 24 heavy (non-hydrogen) atoms. The van der Waals surface area contributed by atoms with Crippen LogP contribution in [0.1, 0.15) is 28.4 Å². The summed E-state index contributed by atoms with van der Waals surface area (Å²) in [7, 11) is 0. The Morgan fingerprint density at radius 1 is 1.33 bits per heavy atom. The second-order valence-electron chi connectivity index (χ2n) is 6.35. The van der Waals surface area contributed by atoms with Crippen LogP contribution in [0.4, 0.5) is 0 Å². The van der Waals surface area contributed by atoms with Gasteiger partial charge in [-0.3, -0.25) is 9.78 Å². The van der Waals surface area contributed by atoms with Gasteiger partial charge in [-0.05, 0) is 30.4 Å². The van der Waals surface area contributed by atoms with Crippen LogP contribution in [0.3, 0.4) is 0 Å². The van der Waals surface area contributed by atoms with Gasteiger partial charge >= 0.3 is 0 Å². The number of pyridine rings is 1. The van der Waals surface area contributed by atoms with Gasteiger partial charge in [-0.15, -0.1) is 0 Å². The van der Waals surface area contributed by atoms with E-state index in [0.29, 0.717) is 17.5 Å². The highest BCUT2D eigenvalue weighted by Gasteiger charge is 2.28. The number of para-hydroxylation sites is 1. The third-order valence-corrected chi connectivity index (χ3v) is 4.64. The number of likely N-dealkylation sites (tertiary alicyclic amines) is 1. The van der Waals surface area contributed by atoms with Crippen molar-refractivity contribution < 1.29 is 9.21 Å². The van der Waals surface area contributed by atoms with Crippen LogP contribution >= 0.6 is 0 Å². The van der Waals surface area contributed by atoms with Crippen molar-refractivity contribution in [3.63, 3.8) is 0 Å². The van der Waals surface area contributed by atoms with E-state index in [9.17, 15) is 4.79 Å². The van der Waals surface area contributed by atoms with Crippen molar-refractivity contribution in [2.45, 2.75) is 19.8 Å². The molecule has 0 bridgehead atoms. The summed E-state index contributed by atoms with van der Waals surface area (Å²) in [6.07, 6.45) is 5.23. The van der Waals surface area contributed by atoms with Crippen LogP contribution in [0, 0.1) is 12.8 Å². The quantitative estimate of drug-likeness (QED) is 0.743. The Bertz CT molecular complexity index is 882. The summed E-state index contributed by atoms with van der Waals surface area (Å²) in [6.45, 7) is 3.28. The average molecular weight is 321 g/mol. The van der Waals surface area contributed by atoms with Crippen LogP contribution in [0.2, 0.25) is 0 Å². The number of fused-ring (bicyclic) bond motifs is 1. The first-order valence-corrected chi connectivity index (χ1v) is 8.25. The van der Waals surface area contributed by atoms with Crippen molar-refractivity contribution in [1.29, 1.82) is 0 Å². The number of carbonyl (C=O) groups is 1. The fourth-order valence-electron chi connectivity index (χ4n) is 3.45. The normalized spacial score (nSPS) is 17.5. The fourth-order valence-corrected chi connectivity index (χ4v) is 3.45. The minimum atomic E-state index is -0.0367. The van der Waals surface area contributed by atoms with Crippen LogP contribution < -0.4 is 0 Å². The van der Waals surface area contributed by atoms with E-state index in [2.05, 4.69) is 34.2 Å². The predicted molar refractivity (Wildman–Crippen MR) is 90.7 cm³/mol. The maximum atomic E-state index is 12.5. The van der Waals surface area contributed by atoms with Gasteiger partial charge in [0.2, 0.25) is 0 Å². The van der Waals surface area contributed by atoms with E-state index in [0.717, 1.165) is 31.4 Å². The first kappa shape index (κ1) is 14.9. The maximum absolute atomic E-state index is 12.5. The number of nitrogens with zero attached hydrogens (tertiary/aromatic N) is 3. The van der Waals surface area contributed by atoms with Gasteiger partial charge in [0.05, 0.1) is 5.52 Å². The number of amides is 1. The molecule has 3 heterocycles. The lowest BCUT2D eigenvalue weighted by molar-refractivity contribution is 0.0781. The average Bonchev–Trinajstić information content (AvgIpc) is 3.24. The zero-order valence-corrected chi connectivity index (χ0v) is 13.6. The molecule has 3 aromatic rings. The van der Waals surface area contributed by atoms with E-state index in [1.165, 1.54) is 17.2 Å². The number of aryl methyl sites for hydroxylation is 1. The Balaban J connectivity index is 1.48. The van der Waals surface area contributed by atoms with Gasteiger partial charge in [-0.25, -0.2) is 4.98 Å². The molecular weight excluding hydrogens is 302 g/mol. The molecule has 0 aliphatic carbocycles. The summed E-state index contributed by atoms with van der Waals surface area (Å²) in [6, 6.07) is 10.4. The molecule has 4 rings (SSSR count). The van der Waals surface area contributed by atoms with Crippen LogP contribution in [-0.4, -0.2) is 33.9 Å². The Hall–Kier alpha value is -2.69. The van der Waals surface area contributed by atoms with Crippen LogP contribution in [-0.2, 0) is 6.42 Å². The Labute approximate surface area is 140 Å². The van der Waals surface area contributed by atoms with Crippen molar-refractivity contribution in [2.75, 3.05) is 13.1 Å². The SMILES string of the molecule is Cc1nc(C(=O)N2CCC(Cc3cccc4cccnc34)C2)co1. The van der Waals surface area contributed by atoms with E-state index < -0.39 is 0 Å².